The number of nitrogens with one attached hydrogen (secondary N) is 2. The van der Waals surface area contributed by atoms with Crippen LogP contribution in [0.1, 0.15) is 6.42 Å². The highest BCUT2D eigenvalue weighted by molar-refractivity contribution is 9.11. The van der Waals surface area contributed by atoms with Crippen molar-refractivity contribution >= 4 is 54.8 Å². The van der Waals surface area contributed by atoms with Gasteiger partial charge in [0.1, 0.15) is 4.21 Å². The van der Waals surface area contributed by atoms with Crippen LogP contribution in [0.2, 0.25) is 5.02 Å². The maximum Gasteiger partial charge on any atom is 0.250 e. The molecule has 0 bridgehead atoms. The minimum absolute atomic E-state index is 0.133. The van der Waals surface area contributed by atoms with Crippen LogP contribution in [0.25, 0.3) is 0 Å². The monoisotopic (exact) mass is 358 g/mol. The standard InChI is InChI=1S/C8H8BrClN2O3S2/c9-8-5(10)2-7(16-8)17(14,15)12-4-1-6(13)11-3-4/h2,4,12H,1,3H2,(H,11,13). The van der Waals surface area contributed by atoms with Crippen LogP contribution in [0.4, 0.5) is 0 Å². The number of halogens is 2. The smallest absolute Gasteiger partial charge is 0.250 e. The van der Waals surface area contributed by atoms with E-state index in [1.165, 1.54) is 6.07 Å². The summed E-state index contributed by atoms with van der Waals surface area (Å²) in [5.74, 6) is -0.150. The number of thiophene rings is 1. The van der Waals surface area contributed by atoms with Crippen molar-refractivity contribution in [1.29, 1.82) is 0 Å². The van der Waals surface area contributed by atoms with Crippen LogP contribution in [0, 0.1) is 0 Å². The highest BCUT2D eigenvalue weighted by Gasteiger charge is 2.28. The minimum atomic E-state index is -3.61. The second kappa shape index (κ2) is 4.85. The molecule has 94 valence electrons. The van der Waals surface area contributed by atoms with Crippen molar-refractivity contribution in [3.63, 3.8) is 0 Å². The van der Waals surface area contributed by atoms with E-state index < -0.39 is 16.1 Å². The second-order valence-corrected chi connectivity index (χ2v) is 8.23. The predicted octanol–water partition coefficient (Wildman–Crippen LogP) is 1.33. The lowest BCUT2D eigenvalue weighted by Gasteiger charge is -2.09. The normalized spacial score (nSPS) is 20.6. The molecule has 1 aliphatic rings. The quantitative estimate of drug-likeness (QED) is 0.855. The van der Waals surface area contributed by atoms with Crippen molar-refractivity contribution in [2.45, 2.75) is 16.7 Å². The van der Waals surface area contributed by atoms with Crippen LogP contribution in [-0.2, 0) is 14.8 Å². The molecular weight excluding hydrogens is 352 g/mol. The third kappa shape index (κ3) is 3.00. The molecule has 0 aliphatic carbocycles. The first-order valence-corrected chi connectivity index (χ1v) is 8.09. The summed E-state index contributed by atoms with van der Waals surface area (Å²) in [6.07, 6.45) is 0.166. The lowest BCUT2D eigenvalue weighted by atomic mass is 10.3. The number of sulfonamides is 1. The Bertz CT molecular complexity index is 538. The highest BCUT2D eigenvalue weighted by atomic mass is 79.9. The molecule has 1 aromatic rings. The van der Waals surface area contributed by atoms with Gasteiger partial charge in [0, 0.05) is 19.0 Å². The average Bonchev–Trinajstić information content (AvgIpc) is 2.75. The van der Waals surface area contributed by atoms with Gasteiger partial charge < -0.3 is 5.32 Å². The van der Waals surface area contributed by atoms with Crippen LogP contribution < -0.4 is 10.0 Å². The molecule has 1 atom stereocenters. The van der Waals surface area contributed by atoms with Crippen molar-refractivity contribution in [2.24, 2.45) is 0 Å². The van der Waals surface area contributed by atoms with Gasteiger partial charge in [-0.1, -0.05) is 11.6 Å². The molecule has 0 saturated carbocycles. The average molecular weight is 360 g/mol. The van der Waals surface area contributed by atoms with E-state index >= 15 is 0 Å². The molecule has 1 saturated heterocycles. The van der Waals surface area contributed by atoms with Crippen molar-refractivity contribution in [3.05, 3.63) is 14.9 Å². The topological polar surface area (TPSA) is 75.3 Å². The third-order valence-corrected chi connectivity index (χ3v) is 6.66. The van der Waals surface area contributed by atoms with E-state index in [0.29, 0.717) is 15.4 Å². The van der Waals surface area contributed by atoms with Crippen LogP contribution >= 0.6 is 38.9 Å². The number of hydrogen-bond acceptors (Lipinski definition) is 4. The number of hydrogen-bond donors (Lipinski definition) is 2. The summed E-state index contributed by atoms with van der Waals surface area (Å²) >= 11 is 9.97. The molecule has 0 spiro atoms. The van der Waals surface area contributed by atoms with Gasteiger partial charge in [-0.2, -0.15) is 0 Å². The van der Waals surface area contributed by atoms with Gasteiger partial charge in [0.05, 0.1) is 8.81 Å². The van der Waals surface area contributed by atoms with Crippen LogP contribution in [0.15, 0.2) is 14.1 Å². The highest BCUT2D eigenvalue weighted by Crippen LogP contribution is 2.34. The first kappa shape index (κ1) is 13.3. The first-order valence-electron chi connectivity index (χ1n) is 4.62. The summed E-state index contributed by atoms with van der Waals surface area (Å²) in [5.41, 5.74) is 0. The van der Waals surface area contributed by atoms with Gasteiger partial charge in [-0.3, -0.25) is 4.79 Å². The Morgan fingerprint density at radius 2 is 2.29 bits per heavy atom. The predicted molar refractivity (Wildman–Crippen MR) is 68.8 cm³/mol. The molecule has 0 radical (unpaired) electrons. The van der Waals surface area contributed by atoms with Crippen molar-refractivity contribution < 1.29 is 13.2 Å². The molecular formula is C8H8BrClN2O3S2. The molecule has 2 rings (SSSR count). The van der Waals surface area contributed by atoms with Gasteiger partial charge in [-0.25, -0.2) is 13.1 Å². The number of carbonyl (C=O) groups excluding carboxylic acids is 1. The van der Waals surface area contributed by atoms with Crippen molar-refractivity contribution in [3.8, 4) is 0 Å². The summed E-state index contributed by atoms with van der Waals surface area (Å²) in [5, 5.41) is 2.92. The van der Waals surface area contributed by atoms with E-state index in [1.54, 1.807) is 0 Å². The second-order valence-electron chi connectivity index (χ2n) is 3.51. The van der Waals surface area contributed by atoms with Gasteiger partial charge in [0.25, 0.3) is 0 Å². The number of carbonyl (C=O) groups is 1. The van der Waals surface area contributed by atoms with Crippen molar-refractivity contribution in [1.82, 2.24) is 10.0 Å². The van der Waals surface area contributed by atoms with Gasteiger partial charge >= 0.3 is 0 Å². The summed E-state index contributed by atoms with van der Waals surface area (Å²) in [6.45, 7) is 0.318. The fourth-order valence-electron chi connectivity index (χ4n) is 1.43. The van der Waals surface area contributed by atoms with E-state index in [2.05, 4.69) is 26.0 Å². The number of amides is 1. The zero-order valence-electron chi connectivity index (χ0n) is 8.37. The Kier molecular flexibility index (Phi) is 3.79. The maximum atomic E-state index is 11.9. The van der Waals surface area contributed by atoms with Gasteiger partial charge in [-0.05, 0) is 22.0 Å². The summed E-state index contributed by atoms with van der Waals surface area (Å²) < 4.78 is 27.0. The summed E-state index contributed by atoms with van der Waals surface area (Å²) in [4.78, 5) is 11.0. The largest absolute Gasteiger partial charge is 0.354 e. The summed E-state index contributed by atoms with van der Waals surface area (Å²) in [6, 6.07) is 0.982. The van der Waals surface area contributed by atoms with Crippen LogP contribution in [0.5, 0.6) is 0 Å². The lowest BCUT2D eigenvalue weighted by molar-refractivity contribution is -0.119. The zero-order valence-corrected chi connectivity index (χ0v) is 12.3. The third-order valence-electron chi connectivity index (χ3n) is 2.19. The van der Waals surface area contributed by atoms with E-state index in [1.807, 2.05) is 0 Å². The molecule has 0 aromatic carbocycles. The molecule has 1 amide bonds. The molecule has 1 unspecified atom stereocenters. The van der Waals surface area contributed by atoms with Gasteiger partial charge in [0.2, 0.25) is 15.9 Å². The van der Waals surface area contributed by atoms with Crippen LogP contribution in [0.3, 0.4) is 0 Å². The SMILES string of the molecule is O=C1CC(NS(=O)(=O)c2cc(Cl)c(Br)s2)CN1. The van der Waals surface area contributed by atoms with E-state index in [9.17, 15) is 13.2 Å². The fraction of sp³-hybridized carbons (Fsp3) is 0.375. The molecule has 17 heavy (non-hydrogen) atoms. The van der Waals surface area contributed by atoms with Gasteiger partial charge in [-0.15, -0.1) is 11.3 Å². The molecule has 9 heteroatoms. The van der Waals surface area contributed by atoms with Crippen molar-refractivity contribution in [2.75, 3.05) is 6.54 Å². The Morgan fingerprint density at radius 3 is 2.76 bits per heavy atom. The Hall–Kier alpha value is -0.150. The van der Waals surface area contributed by atoms with Gasteiger partial charge in [0.15, 0.2) is 0 Å². The van der Waals surface area contributed by atoms with Crippen LogP contribution in [-0.4, -0.2) is 26.9 Å². The fourth-order valence-corrected chi connectivity index (χ4v) is 5.08. The Labute approximate surface area is 116 Å². The lowest BCUT2D eigenvalue weighted by Crippen LogP contribution is -2.35. The Morgan fingerprint density at radius 1 is 1.59 bits per heavy atom. The minimum Gasteiger partial charge on any atom is -0.354 e. The molecule has 1 aromatic heterocycles. The molecule has 5 nitrogen and oxygen atoms in total. The molecule has 2 N–H and O–H groups in total. The summed E-state index contributed by atoms with van der Waals surface area (Å²) in [7, 11) is -3.61. The van der Waals surface area contributed by atoms with E-state index in [-0.39, 0.29) is 16.5 Å². The van der Waals surface area contributed by atoms with E-state index in [4.69, 9.17) is 11.6 Å². The molecule has 1 fully saturated rings. The van der Waals surface area contributed by atoms with E-state index in [0.717, 1.165) is 11.3 Å². The molecule has 2 heterocycles. The number of rotatable bonds is 3. The Balaban J connectivity index is 2.16. The maximum absolute atomic E-state index is 11.9. The molecule has 1 aliphatic heterocycles. The zero-order chi connectivity index (χ0) is 12.6. The first-order chi connectivity index (χ1) is 7.88.